The fraction of sp³-hybridized carbons (Fsp3) is 0.870. The van der Waals surface area contributed by atoms with Gasteiger partial charge in [0.2, 0.25) is 0 Å². The molecule has 0 aromatic heterocycles. The van der Waals surface area contributed by atoms with Crippen molar-refractivity contribution in [3.63, 3.8) is 0 Å². The SMILES string of the molecule is C=C[C@H]1CC[C@H]([C@H]2CC[C@H]([C@H]3CC[C@H](CCC=O)CC3)CC2)CC1. The van der Waals surface area contributed by atoms with E-state index in [1.807, 2.05) is 0 Å². The molecule has 0 aromatic carbocycles. The van der Waals surface area contributed by atoms with E-state index in [4.69, 9.17) is 0 Å². The molecule has 3 aliphatic rings. The Hall–Kier alpha value is -0.590. The van der Waals surface area contributed by atoms with Crippen LogP contribution in [0.3, 0.4) is 0 Å². The minimum absolute atomic E-state index is 0.786. The topological polar surface area (TPSA) is 17.1 Å². The van der Waals surface area contributed by atoms with Crippen LogP contribution in [0.1, 0.15) is 89.9 Å². The van der Waals surface area contributed by atoms with Gasteiger partial charge in [-0.3, -0.25) is 0 Å². The Morgan fingerprint density at radius 3 is 1.50 bits per heavy atom. The Morgan fingerprint density at radius 1 is 0.667 bits per heavy atom. The number of aldehydes is 1. The molecular weight excluding hydrogens is 292 g/mol. The molecule has 0 unspecified atom stereocenters. The summed E-state index contributed by atoms with van der Waals surface area (Å²) in [6.07, 6.45) is 22.7. The summed E-state index contributed by atoms with van der Waals surface area (Å²) in [5.74, 6) is 5.76. The van der Waals surface area contributed by atoms with Crippen molar-refractivity contribution in [2.24, 2.45) is 35.5 Å². The summed E-state index contributed by atoms with van der Waals surface area (Å²) in [6.45, 7) is 3.99. The van der Waals surface area contributed by atoms with Crippen molar-refractivity contribution in [2.45, 2.75) is 89.9 Å². The second-order valence-corrected chi connectivity index (χ2v) is 9.11. The highest BCUT2D eigenvalue weighted by molar-refractivity contribution is 5.49. The third-order valence-corrected chi connectivity index (χ3v) is 7.88. The first kappa shape index (κ1) is 18.2. The molecule has 0 spiro atoms. The van der Waals surface area contributed by atoms with Crippen molar-refractivity contribution in [3.8, 4) is 0 Å². The van der Waals surface area contributed by atoms with E-state index in [1.165, 1.54) is 77.0 Å². The summed E-state index contributed by atoms with van der Waals surface area (Å²) in [5, 5.41) is 0. The standard InChI is InChI=1S/C23H38O/c1-2-18-5-9-20(10-6-18)22-13-15-23(16-14-22)21-11-7-19(8-12-21)4-3-17-24/h2,17-23H,1,3-16H2/t18-,19-,20-,21-,22-,23-. The quantitative estimate of drug-likeness (QED) is 0.397. The van der Waals surface area contributed by atoms with Gasteiger partial charge in [0.25, 0.3) is 0 Å². The predicted molar refractivity (Wildman–Crippen MR) is 102 cm³/mol. The van der Waals surface area contributed by atoms with Gasteiger partial charge >= 0.3 is 0 Å². The van der Waals surface area contributed by atoms with Crippen molar-refractivity contribution < 1.29 is 4.79 Å². The van der Waals surface area contributed by atoms with Crippen LogP contribution < -0.4 is 0 Å². The smallest absolute Gasteiger partial charge is 0.120 e. The zero-order chi connectivity index (χ0) is 16.8. The summed E-state index contributed by atoms with van der Waals surface area (Å²) >= 11 is 0. The summed E-state index contributed by atoms with van der Waals surface area (Å²) in [5.41, 5.74) is 0. The largest absolute Gasteiger partial charge is 0.303 e. The molecule has 0 amide bonds. The Bertz CT molecular complexity index is 377. The highest BCUT2D eigenvalue weighted by atomic mass is 16.1. The molecule has 0 radical (unpaired) electrons. The van der Waals surface area contributed by atoms with Gasteiger partial charge in [0, 0.05) is 6.42 Å². The normalized spacial score (nSPS) is 40.8. The molecule has 0 saturated heterocycles. The van der Waals surface area contributed by atoms with Crippen LogP contribution in [0, 0.1) is 35.5 Å². The number of carbonyl (C=O) groups excluding carboxylic acids is 1. The van der Waals surface area contributed by atoms with E-state index in [1.54, 1.807) is 0 Å². The van der Waals surface area contributed by atoms with E-state index >= 15 is 0 Å². The van der Waals surface area contributed by atoms with E-state index in [2.05, 4.69) is 12.7 Å². The van der Waals surface area contributed by atoms with Gasteiger partial charge in [-0.05, 0) is 106 Å². The summed E-state index contributed by atoms with van der Waals surface area (Å²) in [7, 11) is 0. The first-order valence-corrected chi connectivity index (χ1v) is 10.9. The minimum atomic E-state index is 0.786. The Morgan fingerprint density at radius 2 is 1.08 bits per heavy atom. The number of rotatable bonds is 6. The van der Waals surface area contributed by atoms with Crippen LogP contribution in [0.25, 0.3) is 0 Å². The van der Waals surface area contributed by atoms with E-state index in [9.17, 15) is 4.79 Å². The maximum Gasteiger partial charge on any atom is 0.120 e. The summed E-state index contributed by atoms with van der Waals surface area (Å²) in [6, 6.07) is 0. The maximum absolute atomic E-state index is 10.6. The number of hydrogen-bond acceptors (Lipinski definition) is 1. The van der Waals surface area contributed by atoms with Crippen LogP contribution in [0.4, 0.5) is 0 Å². The van der Waals surface area contributed by atoms with Gasteiger partial charge in [-0.15, -0.1) is 6.58 Å². The molecule has 0 aliphatic heterocycles. The van der Waals surface area contributed by atoms with Crippen LogP contribution >= 0.6 is 0 Å². The Labute approximate surface area is 149 Å². The molecule has 1 nitrogen and oxygen atoms in total. The second kappa shape index (κ2) is 9.20. The number of carbonyl (C=O) groups is 1. The van der Waals surface area contributed by atoms with Crippen molar-refractivity contribution in [2.75, 3.05) is 0 Å². The van der Waals surface area contributed by atoms with Gasteiger partial charge in [-0.1, -0.05) is 18.9 Å². The van der Waals surface area contributed by atoms with Crippen molar-refractivity contribution in [3.05, 3.63) is 12.7 Å². The van der Waals surface area contributed by atoms with Gasteiger partial charge in [0.15, 0.2) is 0 Å². The first-order chi connectivity index (χ1) is 11.8. The van der Waals surface area contributed by atoms with Crippen LogP contribution in [0.5, 0.6) is 0 Å². The average Bonchev–Trinajstić information content (AvgIpc) is 2.67. The first-order valence-electron chi connectivity index (χ1n) is 10.9. The molecule has 0 N–H and O–H groups in total. The zero-order valence-electron chi connectivity index (χ0n) is 15.6. The summed E-state index contributed by atoms with van der Waals surface area (Å²) in [4.78, 5) is 10.6. The lowest BCUT2D eigenvalue weighted by Gasteiger charge is -2.41. The lowest BCUT2D eigenvalue weighted by Crippen LogP contribution is -2.29. The third kappa shape index (κ3) is 4.73. The van der Waals surface area contributed by atoms with E-state index in [0.29, 0.717) is 0 Å². The molecular formula is C23H38O. The van der Waals surface area contributed by atoms with Gasteiger partial charge in [-0.2, -0.15) is 0 Å². The number of hydrogen-bond donors (Lipinski definition) is 0. The van der Waals surface area contributed by atoms with Gasteiger partial charge in [-0.25, -0.2) is 0 Å². The van der Waals surface area contributed by atoms with Crippen LogP contribution in [0.15, 0.2) is 12.7 Å². The lowest BCUT2D eigenvalue weighted by atomic mass is 9.65. The molecule has 3 saturated carbocycles. The highest BCUT2D eigenvalue weighted by Gasteiger charge is 2.34. The minimum Gasteiger partial charge on any atom is -0.303 e. The molecule has 136 valence electrons. The lowest BCUT2D eigenvalue weighted by molar-refractivity contribution is -0.108. The third-order valence-electron chi connectivity index (χ3n) is 7.88. The Kier molecular flexibility index (Phi) is 6.98. The highest BCUT2D eigenvalue weighted by Crippen LogP contribution is 2.46. The van der Waals surface area contributed by atoms with Gasteiger partial charge in [0.05, 0.1) is 0 Å². The molecule has 3 rings (SSSR count). The molecule has 0 heterocycles. The van der Waals surface area contributed by atoms with Crippen LogP contribution in [-0.4, -0.2) is 6.29 Å². The summed E-state index contributed by atoms with van der Waals surface area (Å²) < 4.78 is 0. The second-order valence-electron chi connectivity index (χ2n) is 9.11. The van der Waals surface area contributed by atoms with Crippen molar-refractivity contribution >= 4 is 6.29 Å². The zero-order valence-corrected chi connectivity index (χ0v) is 15.6. The number of allylic oxidation sites excluding steroid dienone is 1. The maximum atomic E-state index is 10.6. The Balaban J connectivity index is 1.37. The molecule has 24 heavy (non-hydrogen) atoms. The fourth-order valence-electron chi connectivity index (χ4n) is 6.19. The average molecular weight is 331 g/mol. The predicted octanol–water partition coefficient (Wildman–Crippen LogP) is 6.57. The fourth-order valence-corrected chi connectivity index (χ4v) is 6.19. The molecule has 0 atom stereocenters. The van der Waals surface area contributed by atoms with E-state index in [-0.39, 0.29) is 0 Å². The van der Waals surface area contributed by atoms with E-state index in [0.717, 1.165) is 54.6 Å². The van der Waals surface area contributed by atoms with Gasteiger partial charge in [0.1, 0.15) is 6.29 Å². The molecule has 3 aliphatic carbocycles. The monoisotopic (exact) mass is 330 g/mol. The van der Waals surface area contributed by atoms with Crippen LogP contribution in [-0.2, 0) is 4.79 Å². The van der Waals surface area contributed by atoms with Crippen LogP contribution in [0.2, 0.25) is 0 Å². The molecule has 0 aromatic rings. The van der Waals surface area contributed by atoms with Crippen molar-refractivity contribution in [1.82, 2.24) is 0 Å². The molecule has 1 heteroatoms. The van der Waals surface area contributed by atoms with E-state index < -0.39 is 0 Å². The van der Waals surface area contributed by atoms with Crippen molar-refractivity contribution in [1.29, 1.82) is 0 Å². The van der Waals surface area contributed by atoms with Gasteiger partial charge < -0.3 is 4.79 Å². The molecule has 0 bridgehead atoms. The molecule has 3 fully saturated rings.